The summed E-state index contributed by atoms with van der Waals surface area (Å²) in [5.74, 6) is -0.906. The van der Waals surface area contributed by atoms with E-state index in [1.165, 1.54) is 12.3 Å². The highest BCUT2D eigenvalue weighted by Crippen LogP contribution is 2.24. The molecule has 0 bridgehead atoms. The van der Waals surface area contributed by atoms with E-state index in [-0.39, 0.29) is 12.1 Å². The molecule has 1 N–H and O–H groups in total. The molecule has 2 rings (SSSR count). The van der Waals surface area contributed by atoms with Crippen molar-refractivity contribution < 1.29 is 18.7 Å². The number of nitrogens with zero attached hydrogens (tertiary/aromatic N) is 1. The predicted molar refractivity (Wildman–Crippen MR) is 66.0 cm³/mol. The first kappa shape index (κ1) is 13.1. The summed E-state index contributed by atoms with van der Waals surface area (Å²) in [5, 5.41) is 8.66. The molecule has 0 aliphatic heterocycles. The van der Waals surface area contributed by atoms with Crippen LogP contribution in [0.3, 0.4) is 0 Å². The minimum Gasteiger partial charge on any atom is -0.481 e. The van der Waals surface area contributed by atoms with Gasteiger partial charge in [-0.05, 0) is 28.8 Å². The van der Waals surface area contributed by atoms with Crippen molar-refractivity contribution >= 4 is 5.97 Å². The van der Waals surface area contributed by atoms with E-state index >= 15 is 0 Å². The highest BCUT2D eigenvalue weighted by atomic mass is 19.3. The van der Waals surface area contributed by atoms with Crippen LogP contribution in [0.5, 0.6) is 0 Å². The first-order valence-corrected chi connectivity index (χ1v) is 5.61. The Bertz CT molecular complexity index is 582. The van der Waals surface area contributed by atoms with Crippen molar-refractivity contribution in [2.45, 2.75) is 12.8 Å². The van der Waals surface area contributed by atoms with E-state index in [0.717, 1.165) is 5.56 Å². The first-order chi connectivity index (χ1) is 9.06. The van der Waals surface area contributed by atoms with Gasteiger partial charge in [0, 0.05) is 6.20 Å². The van der Waals surface area contributed by atoms with Gasteiger partial charge in [-0.25, -0.2) is 8.78 Å². The molecule has 2 aromatic rings. The fraction of sp³-hybridized carbons (Fsp3) is 0.143. The Morgan fingerprint density at radius 3 is 2.42 bits per heavy atom. The number of hydrogen-bond donors (Lipinski definition) is 1. The predicted octanol–water partition coefficient (Wildman–Crippen LogP) is 3.31. The van der Waals surface area contributed by atoms with Crippen molar-refractivity contribution in [2.24, 2.45) is 0 Å². The summed E-state index contributed by atoms with van der Waals surface area (Å²) in [6, 6.07) is 9.73. The summed E-state index contributed by atoms with van der Waals surface area (Å²) < 4.78 is 25.1. The number of hydrogen-bond acceptors (Lipinski definition) is 2. The maximum Gasteiger partial charge on any atom is 0.307 e. The molecule has 0 aliphatic rings. The standard InChI is InChI=1S/C14H11F2NO2/c15-14(16)12-8-11(5-6-17-12)10-3-1-9(2-4-10)7-13(18)19/h1-6,8,14H,7H2,(H,18,19). The van der Waals surface area contributed by atoms with Crippen LogP contribution in [0.25, 0.3) is 11.1 Å². The Hall–Kier alpha value is -2.30. The lowest BCUT2D eigenvalue weighted by molar-refractivity contribution is -0.136. The van der Waals surface area contributed by atoms with Crippen molar-refractivity contribution in [1.82, 2.24) is 4.98 Å². The van der Waals surface area contributed by atoms with Crippen molar-refractivity contribution in [1.29, 1.82) is 0 Å². The first-order valence-electron chi connectivity index (χ1n) is 5.61. The zero-order valence-corrected chi connectivity index (χ0v) is 9.88. The van der Waals surface area contributed by atoms with E-state index in [4.69, 9.17) is 5.11 Å². The number of aromatic nitrogens is 1. The van der Waals surface area contributed by atoms with Crippen molar-refractivity contribution in [3.8, 4) is 11.1 Å². The second-order valence-corrected chi connectivity index (χ2v) is 4.04. The number of alkyl halides is 2. The fourth-order valence-corrected chi connectivity index (χ4v) is 1.74. The number of carboxylic acid groups (broad SMARTS) is 1. The molecule has 0 saturated carbocycles. The summed E-state index contributed by atoms with van der Waals surface area (Å²) in [6.45, 7) is 0. The Morgan fingerprint density at radius 1 is 1.16 bits per heavy atom. The molecule has 0 radical (unpaired) electrons. The second-order valence-electron chi connectivity index (χ2n) is 4.04. The number of carboxylic acids is 1. The Kier molecular flexibility index (Phi) is 3.85. The molecule has 0 saturated heterocycles. The fourth-order valence-electron chi connectivity index (χ4n) is 1.74. The average molecular weight is 263 g/mol. The molecule has 98 valence electrons. The molecule has 19 heavy (non-hydrogen) atoms. The third-order valence-electron chi connectivity index (χ3n) is 2.65. The third-order valence-corrected chi connectivity index (χ3v) is 2.65. The Labute approximate surface area is 108 Å². The van der Waals surface area contributed by atoms with Crippen LogP contribution in [-0.4, -0.2) is 16.1 Å². The molecular formula is C14H11F2NO2. The van der Waals surface area contributed by atoms with E-state index < -0.39 is 12.4 Å². The number of pyridine rings is 1. The van der Waals surface area contributed by atoms with Gasteiger partial charge in [-0.15, -0.1) is 0 Å². The molecule has 0 spiro atoms. The smallest absolute Gasteiger partial charge is 0.307 e. The summed E-state index contributed by atoms with van der Waals surface area (Å²) in [5.41, 5.74) is 1.78. The second kappa shape index (κ2) is 5.56. The van der Waals surface area contributed by atoms with E-state index in [9.17, 15) is 13.6 Å². The average Bonchev–Trinajstić information content (AvgIpc) is 2.39. The lowest BCUT2D eigenvalue weighted by Gasteiger charge is -2.05. The van der Waals surface area contributed by atoms with Crippen LogP contribution in [0.15, 0.2) is 42.6 Å². The van der Waals surface area contributed by atoms with Gasteiger partial charge >= 0.3 is 5.97 Å². The molecule has 3 nitrogen and oxygen atoms in total. The quantitative estimate of drug-likeness (QED) is 0.920. The zero-order valence-electron chi connectivity index (χ0n) is 9.88. The Morgan fingerprint density at radius 2 is 1.84 bits per heavy atom. The zero-order chi connectivity index (χ0) is 13.8. The van der Waals surface area contributed by atoms with Gasteiger partial charge in [-0.3, -0.25) is 9.78 Å². The monoisotopic (exact) mass is 263 g/mol. The van der Waals surface area contributed by atoms with E-state index in [0.29, 0.717) is 11.1 Å². The van der Waals surface area contributed by atoms with Crippen molar-refractivity contribution in [3.63, 3.8) is 0 Å². The maximum atomic E-state index is 12.5. The van der Waals surface area contributed by atoms with Crippen LogP contribution >= 0.6 is 0 Å². The van der Waals surface area contributed by atoms with Gasteiger partial charge in [0.25, 0.3) is 6.43 Å². The molecule has 0 aliphatic carbocycles. The highest BCUT2D eigenvalue weighted by Gasteiger charge is 2.09. The molecule has 0 unspecified atom stereocenters. The lowest BCUT2D eigenvalue weighted by Crippen LogP contribution is -1.99. The van der Waals surface area contributed by atoms with Crippen LogP contribution < -0.4 is 0 Å². The highest BCUT2D eigenvalue weighted by molar-refractivity contribution is 5.71. The molecule has 1 aromatic heterocycles. The van der Waals surface area contributed by atoms with Crippen LogP contribution in [0, 0.1) is 0 Å². The van der Waals surface area contributed by atoms with Crippen molar-refractivity contribution in [3.05, 3.63) is 53.9 Å². The van der Waals surface area contributed by atoms with E-state index in [1.807, 2.05) is 0 Å². The summed E-state index contributed by atoms with van der Waals surface area (Å²) in [4.78, 5) is 14.1. The minimum atomic E-state index is -2.61. The van der Waals surface area contributed by atoms with Gasteiger partial charge in [0.15, 0.2) is 0 Å². The van der Waals surface area contributed by atoms with Crippen molar-refractivity contribution in [2.75, 3.05) is 0 Å². The van der Waals surface area contributed by atoms with E-state index in [1.54, 1.807) is 30.3 Å². The van der Waals surface area contributed by atoms with Gasteiger partial charge in [0.2, 0.25) is 0 Å². The Balaban J connectivity index is 2.26. The molecular weight excluding hydrogens is 252 g/mol. The minimum absolute atomic E-state index is 0.0566. The number of carbonyl (C=O) groups is 1. The normalized spacial score (nSPS) is 10.7. The lowest BCUT2D eigenvalue weighted by atomic mass is 10.0. The summed E-state index contributed by atoms with van der Waals surface area (Å²) >= 11 is 0. The maximum absolute atomic E-state index is 12.5. The molecule has 1 heterocycles. The van der Waals surface area contributed by atoms with Crippen LogP contribution in [0.1, 0.15) is 17.7 Å². The summed E-state index contributed by atoms with van der Waals surface area (Å²) in [6.07, 6.45) is -1.33. The molecule has 0 amide bonds. The number of halogens is 2. The molecule has 5 heteroatoms. The van der Waals surface area contributed by atoms with Gasteiger partial charge in [0.1, 0.15) is 5.69 Å². The molecule has 1 aromatic carbocycles. The number of aliphatic carboxylic acids is 1. The van der Waals surface area contributed by atoms with Crippen LogP contribution in [-0.2, 0) is 11.2 Å². The van der Waals surface area contributed by atoms with Gasteiger partial charge in [-0.2, -0.15) is 0 Å². The third kappa shape index (κ3) is 3.34. The van der Waals surface area contributed by atoms with Gasteiger partial charge in [0.05, 0.1) is 6.42 Å². The summed E-state index contributed by atoms with van der Waals surface area (Å²) in [7, 11) is 0. The number of benzene rings is 1. The SMILES string of the molecule is O=C(O)Cc1ccc(-c2ccnc(C(F)F)c2)cc1. The van der Waals surface area contributed by atoms with E-state index in [2.05, 4.69) is 4.98 Å². The largest absolute Gasteiger partial charge is 0.481 e. The van der Waals surface area contributed by atoms with Gasteiger partial charge in [-0.1, -0.05) is 24.3 Å². The van der Waals surface area contributed by atoms with Crippen LogP contribution in [0.4, 0.5) is 8.78 Å². The molecule has 0 fully saturated rings. The molecule has 0 atom stereocenters. The number of rotatable bonds is 4. The van der Waals surface area contributed by atoms with Crippen LogP contribution in [0.2, 0.25) is 0 Å². The van der Waals surface area contributed by atoms with Gasteiger partial charge < -0.3 is 5.11 Å². The topological polar surface area (TPSA) is 50.2 Å².